The highest BCUT2D eigenvalue weighted by atomic mass is 16.5. The minimum atomic E-state index is 0.387. The molecule has 0 aliphatic carbocycles. The maximum absolute atomic E-state index is 5.65. The van der Waals surface area contributed by atoms with Crippen molar-refractivity contribution in [2.75, 3.05) is 12.8 Å². The van der Waals surface area contributed by atoms with Crippen molar-refractivity contribution in [3.8, 4) is 6.01 Å². The maximum atomic E-state index is 5.65. The van der Waals surface area contributed by atoms with E-state index in [0.29, 0.717) is 28.8 Å². The van der Waals surface area contributed by atoms with Gasteiger partial charge in [-0.05, 0) is 6.92 Å². The summed E-state index contributed by atoms with van der Waals surface area (Å²) in [5, 5.41) is 0. The molecule has 13 heavy (non-hydrogen) atoms. The minimum absolute atomic E-state index is 0.387. The lowest BCUT2D eigenvalue weighted by Crippen LogP contribution is -1.96. The van der Waals surface area contributed by atoms with Gasteiger partial charge in [-0.1, -0.05) is 0 Å². The summed E-state index contributed by atoms with van der Waals surface area (Å²) in [7, 11) is 1.52. The fraction of sp³-hybridized carbons (Fsp3) is 0.286. The molecule has 0 atom stereocenters. The van der Waals surface area contributed by atoms with Crippen LogP contribution in [0, 0.1) is 6.92 Å². The van der Waals surface area contributed by atoms with Gasteiger partial charge in [-0.25, -0.2) is 9.97 Å². The van der Waals surface area contributed by atoms with Crippen molar-refractivity contribution in [2.24, 2.45) is 0 Å². The molecule has 0 aliphatic rings. The molecule has 2 heterocycles. The van der Waals surface area contributed by atoms with Crippen LogP contribution in [0.25, 0.3) is 11.2 Å². The number of H-pyrrole nitrogens is 1. The Hall–Kier alpha value is -1.85. The number of nitrogens with zero attached hydrogens (tertiary/aromatic N) is 3. The predicted molar refractivity (Wildman–Crippen MR) is 47.4 cm³/mol. The third-order valence-electron chi connectivity index (χ3n) is 1.66. The SMILES string of the molecule is COc1nc2nc(C)nc(N)c2[nH]1. The first-order chi connectivity index (χ1) is 6.20. The molecular weight excluding hydrogens is 170 g/mol. The number of nitrogens with two attached hydrogens (primary N) is 1. The molecule has 0 bridgehead atoms. The number of methoxy groups -OCH3 is 1. The molecule has 68 valence electrons. The van der Waals surface area contributed by atoms with Crippen molar-refractivity contribution < 1.29 is 4.74 Å². The summed E-state index contributed by atoms with van der Waals surface area (Å²) in [6, 6.07) is 0.390. The van der Waals surface area contributed by atoms with E-state index < -0.39 is 0 Å². The molecule has 6 nitrogen and oxygen atoms in total. The van der Waals surface area contributed by atoms with E-state index in [1.54, 1.807) is 6.92 Å². The molecule has 0 saturated heterocycles. The second kappa shape index (κ2) is 2.58. The van der Waals surface area contributed by atoms with Gasteiger partial charge >= 0.3 is 0 Å². The number of anilines is 1. The number of aromatic nitrogens is 4. The number of ether oxygens (including phenoxy) is 1. The highest BCUT2D eigenvalue weighted by Gasteiger charge is 2.08. The molecule has 2 rings (SSSR count). The van der Waals surface area contributed by atoms with E-state index in [1.165, 1.54) is 7.11 Å². The lowest BCUT2D eigenvalue weighted by atomic mass is 10.5. The Kier molecular flexibility index (Phi) is 1.54. The molecule has 2 aromatic rings. The number of aryl methyl sites for hydroxylation is 1. The van der Waals surface area contributed by atoms with Crippen LogP contribution in [0.3, 0.4) is 0 Å². The zero-order chi connectivity index (χ0) is 9.42. The first kappa shape index (κ1) is 7.78. The Labute approximate surface area is 74.2 Å². The number of hydrogen-bond acceptors (Lipinski definition) is 5. The number of hydrogen-bond donors (Lipinski definition) is 2. The van der Waals surface area contributed by atoms with Gasteiger partial charge in [-0.3, -0.25) is 0 Å². The highest BCUT2D eigenvalue weighted by Crippen LogP contribution is 2.17. The molecule has 0 aliphatic heterocycles. The number of aromatic amines is 1. The normalized spacial score (nSPS) is 10.6. The summed E-state index contributed by atoms with van der Waals surface area (Å²) in [5.74, 6) is 0.984. The van der Waals surface area contributed by atoms with Gasteiger partial charge in [-0.2, -0.15) is 4.98 Å². The van der Waals surface area contributed by atoms with E-state index in [2.05, 4.69) is 19.9 Å². The second-order valence-corrected chi connectivity index (χ2v) is 2.60. The summed E-state index contributed by atoms with van der Waals surface area (Å²) < 4.78 is 4.90. The maximum Gasteiger partial charge on any atom is 0.295 e. The molecule has 0 unspecified atom stereocenters. The third-order valence-corrected chi connectivity index (χ3v) is 1.66. The summed E-state index contributed by atoms with van der Waals surface area (Å²) >= 11 is 0. The first-order valence-electron chi connectivity index (χ1n) is 3.74. The summed E-state index contributed by atoms with van der Waals surface area (Å²) in [6.07, 6.45) is 0. The molecule has 0 spiro atoms. The van der Waals surface area contributed by atoms with E-state index in [0.717, 1.165) is 0 Å². The van der Waals surface area contributed by atoms with Gasteiger partial charge in [0.05, 0.1) is 7.11 Å². The van der Waals surface area contributed by atoms with Crippen LogP contribution in [0.5, 0.6) is 6.01 Å². The Morgan fingerprint density at radius 1 is 1.31 bits per heavy atom. The summed E-state index contributed by atoms with van der Waals surface area (Å²) in [4.78, 5) is 15.0. The quantitative estimate of drug-likeness (QED) is 0.655. The van der Waals surface area contributed by atoms with Crippen LogP contribution in [0.2, 0.25) is 0 Å². The predicted octanol–water partition coefficient (Wildman–Crippen LogP) is 0.252. The smallest absolute Gasteiger partial charge is 0.295 e. The first-order valence-corrected chi connectivity index (χ1v) is 3.74. The number of imidazole rings is 1. The van der Waals surface area contributed by atoms with Crippen molar-refractivity contribution in [1.82, 2.24) is 19.9 Å². The van der Waals surface area contributed by atoms with E-state index >= 15 is 0 Å². The van der Waals surface area contributed by atoms with Gasteiger partial charge in [0, 0.05) is 0 Å². The molecule has 3 N–H and O–H groups in total. The lowest BCUT2D eigenvalue weighted by Gasteiger charge is -1.94. The van der Waals surface area contributed by atoms with Gasteiger partial charge < -0.3 is 15.5 Å². The average molecular weight is 179 g/mol. The van der Waals surface area contributed by atoms with Crippen molar-refractivity contribution >= 4 is 17.0 Å². The Balaban J connectivity index is 2.75. The fourth-order valence-corrected chi connectivity index (χ4v) is 1.11. The van der Waals surface area contributed by atoms with Crippen LogP contribution in [-0.4, -0.2) is 27.0 Å². The average Bonchev–Trinajstić information content (AvgIpc) is 2.47. The van der Waals surface area contributed by atoms with Gasteiger partial charge in [0.15, 0.2) is 11.5 Å². The Morgan fingerprint density at radius 3 is 2.77 bits per heavy atom. The number of nitrogens with one attached hydrogen (secondary N) is 1. The fourth-order valence-electron chi connectivity index (χ4n) is 1.11. The molecule has 0 fully saturated rings. The topological polar surface area (TPSA) is 89.7 Å². The van der Waals surface area contributed by atoms with Crippen molar-refractivity contribution in [3.63, 3.8) is 0 Å². The van der Waals surface area contributed by atoms with Crippen LogP contribution in [-0.2, 0) is 0 Å². The molecular formula is C7H9N5O. The Morgan fingerprint density at radius 2 is 2.08 bits per heavy atom. The van der Waals surface area contributed by atoms with E-state index in [1.807, 2.05) is 0 Å². The van der Waals surface area contributed by atoms with E-state index in [-0.39, 0.29) is 0 Å². The number of fused-ring (bicyclic) bond motifs is 1. The van der Waals surface area contributed by atoms with Crippen molar-refractivity contribution in [3.05, 3.63) is 5.82 Å². The van der Waals surface area contributed by atoms with Gasteiger partial charge in [0.25, 0.3) is 6.01 Å². The van der Waals surface area contributed by atoms with Crippen LogP contribution in [0.1, 0.15) is 5.82 Å². The van der Waals surface area contributed by atoms with Gasteiger partial charge in [0.1, 0.15) is 11.3 Å². The van der Waals surface area contributed by atoms with Crippen LogP contribution in [0.4, 0.5) is 5.82 Å². The van der Waals surface area contributed by atoms with E-state index in [4.69, 9.17) is 10.5 Å². The second-order valence-electron chi connectivity index (χ2n) is 2.60. The molecule has 0 aromatic carbocycles. The minimum Gasteiger partial charge on any atom is -0.468 e. The third kappa shape index (κ3) is 1.16. The Bertz CT molecular complexity index is 449. The standard InChI is InChI=1S/C7H9N5O/c1-3-9-5(8)4-6(10-3)12-7(11-4)13-2/h1-2H3,(H3,8,9,10,11,12). The summed E-state index contributed by atoms with van der Waals surface area (Å²) in [6.45, 7) is 1.76. The summed E-state index contributed by atoms with van der Waals surface area (Å²) in [5.41, 5.74) is 6.79. The lowest BCUT2D eigenvalue weighted by molar-refractivity contribution is 0.386. The largest absolute Gasteiger partial charge is 0.468 e. The monoisotopic (exact) mass is 179 g/mol. The molecule has 2 aromatic heterocycles. The van der Waals surface area contributed by atoms with Crippen molar-refractivity contribution in [2.45, 2.75) is 6.92 Å². The number of rotatable bonds is 1. The van der Waals surface area contributed by atoms with Gasteiger partial charge in [0.2, 0.25) is 0 Å². The van der Waals surface area contributed by atoms with Crippen LogP contribution in [0.15, 0.2) is 0 Å². The van der Waals surface area contributed by atoms with Crippen LogP contribution >= 0.6 is 0 Å². The number of nitrogen functional groups attached to an aromatic ring is 1. The molecule has 0 saturated carbocycles. The van der Waals surface area contributed by atoms with E-state index in [9.17, 15) is 0 Å². The molecule has 0 amide bonds. The van der Waals surface area contributed by atoms with Crippen molar-refractivity contribution in [1.29, 1.82) is 0 Å². The molecule has 6 heteroatoms. The zero-order valence-corrected chi connectivity index (χ0v) is 7.33. The van der Waals surface area contributed by atoms with Gasteiger partial charge in [-0.15, -0.1) is 0 Å². The molecule has 0 radical (unpaired) electrons. The van der Waals surface area contributed by atoms with Crippen LogP contribution < -0.4 is 10.5 Å². The zero-order valence-electron chi connectivity index (χ0n) is 7.33. The highest BCUT2D eigenvalue weighted by molar-refractivity contribution is 5.81.